The van der Waals surface area contributed by atoms with Crippen molar-refractivity contribution in [2.45, 2.75) is 12.6 Å². The molecule has 1 unspecified atom stereocenters. The predicted octanol–water partition coefficient (Wildman–Crippen LogP) is -1.06. The minimum atomic E-state index is -0.987. The van der Waals surface area contributed by atoms with Gasteiger partial charge in [0.25, 0.3) is 0 Å². The molecule has 0 saturated heterocycles. The van der Waals surface area contributed by atoms with Crippen LogP contribution in [-0.4, -0.2) is 5.66 Å². The molecule has 0 fully saturated rings. The van der Waals surface area contributed by atoms with Gasteiger partial charge >= 0.3 is 0 Å². The lowest BCUT2D eigenvalue weighted by atomic mass is 9.86. The maximum Gasteiger partial charge on any atom is 0.113 e. The summed E-state index contributed by atoms with van der Waals surface area (Å²) in [5.41, 5.74) is 22.8. The summed E-state index contributed by atoms with van der Waals surface area (Å²) in [6.45, 7) is 1.85. The molecule has 0 radical (unpaired) electrons. The molecule has 62 valence electrons. The van der Waals surface area contributed by atoms with Crippen molar-refractivity contribution >= 4 is 0 Å². The molecule has 4 heteroatoms. The molecule has 1 atom stereocenters. The summed E-state index contributed by atoms with van der Waals surface area (Å²) in [6.07, 6.45) is 3.38. The number of allylic oxidation sites excluding steroid dienone is 2. The molecule has 4 nitrogen and oxygen atoms in total. The highest BCUT2D eigenvalue weighted by atomic mass is 15.0. The second-order valence-electron chi connectivity index (χ2n) is 2.94. The lowest BCUT2D eigenvalue weighted by Gasteiger charge is -2.34. The van der Waals surface area contributed by atoms with Gasteiger partial charge in [-0.2, -0.15) is 0 Å². The van der Waals surface area contributed by atoms with Crippen LogP contribution in [0, 0.1) is 5.92 Å². The van der Waals surface area contributed by atoms with E-state index in [0.717, 1.165) is 0 Å². The largest absolute Gasteiger partial charge is 0.402 e. The predicted molar refractivity (Wildman–Crippen MR) is 44.8 cm³/mol. The third-order valence-corrected chi connectivity index (χ3v) is 2.17. The van der Waals surface area contributed by atoms with Gasteiger partial charge in [-0.15, -0.1) is 0 Å². The molecule has 8 N–H and O–H groups in total. The summed E-state index contributed by atoms with van der Waals surface area (Å²) in [7, 11) is 0. The SMILES string of the molecule is CC1C(N)=CC=C(N)C1(N)N. The van der Waals surface area contributed by atoms with Crippen LogP contribution in [0.15, 0.2) is 23.5 Å². The molecule has 0 aromatic heterocycles. The lowest BCUT2D eigenvalue weighted by Crippen LogP contribution is -2.60. The van der Waals surface area contributed by atoms with Gasteiger partial charge in [-0.05, 0) is 12.2 Å². The maximum absolute atomic E-state index is 5.72. The van der Waals surface area contributed by atoms with E-state index in [9.17, 15) is 0 Å². The minimum Gasteiger partial charge on any atom is -0.402 e. The van der Waals surface area contributed by atoms with Gasteiger partial charge in [0.2, 0.25) is 0 Å². The molecular weight excluding hydrogens is 140 g/mol. The van der Waals surface area contributed by atoms with Gasteiger partial charge in [-0.1, -0.05) is 6.92 Å². The van der Waals surface area contributed by atoms with Gasteiger partial charge in [0.1, 0.15) is 5.66 Å². The van der Waals surface area contributed by atoms with Gasteiger partial charge in [0, 0.05) is 17.3 Å². The van der Waals surface area contributed by atoms with E-state index in [1.54, 1.807) is 12.2 Å². The van der Waals surface area contributed by atoms with E-state index in [-0.39, 0.29) is 5.92 Å². The van der Waals surface area contributed by atoms with E-state index in [4.69, 9.17) is 22.9 Å². The first-order chi connectivity index (χ1) is 4.96. The van der Waals surface area contributed by atoms with E-state index in [0.29, 0.717) is 11.4 Å². The zero-order valence-corrected chi connectivity index (χ0v) is 6.54. The number of rotatable bonds is 0. The first-order valence-corrected chi connectivity index (χ1v) is 3.47. The molecule has 0 aromatic carbocycles. The van der Waals surface area contributed by atoms with Crippen molar-refractivity contribution in [2.24, 2.45) is 28.9 Å². The topological polar surface area (TPSA) is 104 Å². The van der Waals surface area contributed by atoms with Crippen LogP contribution < -0.4 is 22.9 Å². The Hall–Kier alpha value is -1.00. The maximum atomic E-state index is 5.72. The average molecular weight is 154 g/mol. The summed E-state index contributed by atoms with van der Waals surface area (Å²) in [6, 6.07) is 0. The first-order valence-electron chi connectivity index (χ1n) is 3.47. The van der Waals surface area contributed by atoms with Crippen molar-refractivity contribution in [3.05, 3.63) is 23.5 Å². The van der Waals surface area contributed by atoms with Gasteiger partial charge in [0.15, 0.2) is 0 Å². The molecule has 1 aliphatic carbocycles. The fraction of sp³-hybridized carbons (Fsp3) is 0.429. The van der Waals surface area contributed by atoms with Crippen LogP contribution in [0.25, 0.3) is 0 Å². The summed E-state index contributed by atoms with van der Waals surface area (Å²) >= 11 is 0. The van der Waals surface area contributed by atoms with Crippen LogP contribution in [0.4, 0.5) is 0 Å². The molecule has 11 heavy (non-hydrogen) atoms. The smallest absolute Gasteiger partial charge is 0.113 e. The molecular formula is C7H14N4. The Morgan fingerprint density at radius 2 is 1.82 bits per heavy atom. The Bertz CT molecular complexity index is 227. The van der Waals surface area contributed by atoms with Crippen LogP contribution >= 0.6 is 0 Å². The molecule has 0 aromatic rings. The standard InChI is InChI=1S/C7H14N4/c1-4-5(8)2-3-6(9)7(4,10)11/h2-4H,8-11H2,1H3. The Kier molecular flexibility index (Phi) is 1.66. The van der Waals surface area contributed by atoms with E-state index < -0.39 is 5.66 Å². The van der Waals surface area contributed by atoms with Crippen LogP contribution in [-0.2, 0) is 0 Å². The quantitative estimate of drug-likeness (QED) is 0.334. The lowest BCUT2D eigenvalue weighted by molar-refractivity contribution is 0.383. The van der Waals surface area contributed by atoms with Gasteiger partial charge in [-0.25, -0.2) is 0 Å². The van der Waals surface area contributed by atoms with E-state index >= 15 is 0 Å². The van der Waals surface area contributed by atoms with Crippen molar-refractivity contribution in [3.8, 4) is 0 Å². The second-order valence-corrected chi connectivity index (χ2v) is 2.94. The monoisotopic (exact) mass is 154 g/mol. The normalized spacial score (nSPS) is 29.2. The third kappa shape index (κ3) is 1.10. The Balaban J connectivity index is 3.03. The van der Waals surface area contributed by atoms with Crippen LogP contribution in [0.3, 0.4) is 0 Å². The summed E-state index contributed by atoms with van der Waals surface area (Å²) in [4.78, 5) is 0. The van der Waals surface area contributed by atoms with Crippen LogP contribution in [0.5, 0.6) is 0 Å². The molecule has 1 aliphatic rings. The number of hydrogen-bond donors (Lipinski definition) is 4. The zero-order chi connectivity index (χ0) is 8.65. The molecule has 0 heterocycles. The van der Waals surface area contributed by atoms with E-state index in [1.807, 2.05) is 6.92 Å². The van der Waals surface area contributed by atoms with Crippen molar-refractivity contribution in [1.29, 1.82) is 0 Å². The summed E-state index contributed by atoms with van der Waals surface area (Å²) in [5.74, 6) is -0.104. The summed E-state index contributed by atoms with van der Waals surface area (Å²) in [5, 5.41) is 0. The van der Waals surface area contributed by atoms with Crippen LogP contribution in [0.2, 0.25) is 0 Å². The Morgan fingerprint density at radius 3 is 2.27 bits per heavy atom. The van der Waals surface area contributed by atoms with Crippen molar-refractivity contribution in [2.75, 3.05) is 0 Å². The Morgan fingerprint density at radius 1 is 1.27 bits per heavy atom. The highest BCUT2D eigenvalue weighted by Crippen LogP contribution is 2.23. The van der Waals surface area contributed by atoms with Gasteiger partial charge < -0.3 is 22.9 Å². The van der Waals surface area contributed by atoms with Crippen molar-refractivity contribution in [1.82, 2.24) is 0 Å². The van der Waals surface area contributed by atoms with Crippen molar-refractivity contribution in [3.63, 3.8) is 0 Å². The minimum absolute atomic E-state index is 0.104. The average Bonchev–Trinajstić information content (AvgIpc) is 1.95. The van der Waals surface area contributed by atoms with Gasteiger partial charge in [-0.3, -0.25) is 0 Å². The van der Waals surface area contributed by atoms with E-state index in [1.165, 1.54) is 0 Å². The van der Waals surface area contributed by atoms with E-state index in [2.05, 4.69) is 0 Å². The molecule has 0 amide bonds. The van der Waals surface area contributed by atoms with Crippen LogP contribution in [0.1, 0.15) is 6.92 Å². The highest BCUT2D eigenvalue weighted by Gasteiger charge is 2.33. The highest BCUT2D eigenvalue weighted by molar-refractivity contribution is 5.32. The Labute approximate surface area is 65.9 Å². The fourth-order valence-electron chi connectivity index (χ4n) is 1.00. The number of hydrogen-bond acceptors (Lipinski definition) is 4. The second kappa shape index (κ2) is 2.25. The van der Waals surface area contributed by atoms with Gasteiger partial charge in [0.05, 0.1) is 0 Å². The molecule has 0 aliphatic heterocycles. The summed E-state index contributed by atoms with van der Waals surface area (Å²) < 4.78 is 0. The number of nitrogens with two attached hydrogens (primary N) is 4. The van der Waals surface area contributed by atoms with Crippen molar-refractivity contribution < 1.29 is 0 Å². The molecule has 0 spiro atoms. The first kappa shape index (κ1) is 8.10. The molecule has 0 bridgehead atoms. The third-order valence-electron chi connectivity index (χ3n) is 2.17. The molecule has 1 rings (SSSR count). The zero-order valence-electron chi connectivity index (χ0n) is 6.54. The molecule has 0 saturated carbocycles. The fourth-order valence-corrected chi connectivity index (χ4v) is 1.00.